The minimum Gasteiger partial charge on any atom is -0.493 e. The van der Waals surface area contributed by atoms with Crippen LogP contribution in [0.1, 0.15) is 11.1 Å². The van der Waals surface area contributed by atoms with Gasteiger partial charge in [-0.2, -0.15) is 0 Å². The maximum absolute atomic E-state index is 5.54. The third-order valence-electron chi connectivity index (χ3n) is 4.38. The summed E-state index contributed by atoms with van der Waals surface area (Å²) in [4.78, 5) is 4.82. The van der Waals surface area contributed by atoms with E-state index in [9.17, 15) is 0 Å². The quantitative estimate of drug-likeness (QED) is 0.706. The summed E-state index contributed by atoms with van der Waals surface area (Å²) in [6.45, 7) is 4.22. The first-order valence-corrected chi connectivity index (χ1v) is 7.77. The molecule has 24 heavy (non-hydrogen) atoms. The van der Waals surface area contributed by atoms with Gasteiger partial charge in [0.1, 0.15) is 0 Å². The molecule has 0 N–H and O–H groups in total. The monoisotopic (exact) mass is 323 g/mol. The second-order valence-electron chi connectivity index (χ2n) is 5.66. The summed E-state index contributed by atoms with van der Waals surface area (Å²) >= 11 is 0. The normalized spacial score (nSPS) is 10.7. The van der Waals surface area contributed by atoms with Crippen molar-refractivity contribution >= 4 is 10.9 Å². The molecular formula is C20H21NO3. The van der Waals surface area contributed by atoms with E-state index in [0.717, 1.165) is 22.2 Å². The molecule has 1 aromatic heterocycles. The topological polar surface area (TPSA) is 40.6 Å². The van der Waals surface area contributed by atoms with Crippen molar-refractivity contribution in [1.29, 1.82) is 0 Å². The highest BCUT2D eigenvalue weighted by Crippen LogP contribution is 2.43. The van der Waals surface area contributed by atoms with Gasteiger partial charge in [0.25, 0.3) is 0 Å². The maximum atomic E-state index is 5.54. The summed E-state index contributed by atoms with van der Waals surface area (Å²) in [5, 5.41) is 0.893. The molecule has 0 bridgehead atoms. The first-order valence-electron chi connectivity index (χ1n) is 7.77. The van der Waals surface area contributed by atoms with Gasteiger partial charge in [-0.05, 0) is 37.1 Å². The predicted octanol–water partition coefficient (Wildman–Crippen LogP) is 4.54. The fourth-order valence-corrected chi connectivity index (χ4v) is 2.93. The van der Waals surface area contributed by atoms with Gasteiger partial charge in [0.2, 0.25) is 5.75 Å². The largest absolute Gasteiger partial charge is 0.493 e. The molecule has 0 spiro atoms. The number of hydrogen-bond acceptors (Lipinski definition) is 4. The number of hydrogen-bond donors (Lipinski definition) is 0. The highest BCUT2D eigenvalue weighted by Gasteiger charge is 2.17. The number of fused-ring (bicyclic) bond motifs is 1. The smallest absolute Gasteiger partial charge is 0.204 e. The molecule has 0 saturated carbocycles. The zero-order chi connectivity index (χ0) is 17.3. The van der Waals surface area contributed by atoms with Crippen LogP contribution in [0.5, 0.6) is 17.2 Å². The van der Waals surface area contributed by atoms with Gasteiger partial charge in [0.15, 0.2) is 11.5 Å². The lowest BCUT2D eigenvalue weighted by Crippen LogP contribution is -1.97. The molecule has 0 atom stereocenters. The SMILES string of the molecule is COc1cc2nc(-c3cccc(C)c3C)ccc2c(OC)c1OC. The van der Waals surface area contributed by atoms with Crippen LogP contribution in [0.25, 0.3) is 22.2 Å². The Balaban J connectivity index is 2.27. The van der Waals surface area contributed by atoms with Crippen LogP contribution in [-0.4, -0.2) is 26.3 Å². The molecule has 0 aliphatic rings. The van der Waals surface area contributed by atoms with Crippen molar-refractivity contribution in [3.05, 3.63) is 47.5 Å². The van der Waals surface area contributed by atoms with Crippen molar-refractivity contribution in [2.24, 2.45) is 0 Å². The zero-order valence-corrected chi connectivity index (χ0v) is 14.6. The molecule has 2 aromatic carbocycles. The van der Waals surface area contributed by atoms with E-state index in [-0.39, 0.29) is 0 Å². The molecule has 4 nitrogen and oxygen atoms in total. The molecule has 3 rings (SSSR count). The second kappa shape index (κ2) is 6.40. The van der Waals surface area contributed by atoms with Gasteiger partial charge in [-0.25, -0.2) is 4.98 Å². The Morgan fingerprint density at radius 3 is 2.25 bits per heavy atom. The van der Waals surface area contributed by atoms with Crippen molar-refractivity contribution in [3.63, 3.8) is 0 Å². The Morgan fingerprint density at radius 2 is 1.58 bits per heavy atom. The lowest BCUT2D eigenvalue weighted by atomic mass is 10.00. The Hall–Kier alpha value is -2.75. The fourth-order valence-electron chi connectivity index (χ4n) is 2.93. The van der Waals surface area contributed by atoms with Crippen molar-refractivity contribution in [3.8, 4) is 28.5 Å². The lowest BCUT2D eigenvalue weighted by molar-refractivity contribution is 0.327. The van der Waals surface area contributed by atoms with Crippen LogP contribution in [0.2, 0.25) is 0 Å². The maximum Gasteiger partial charge on any atom is 0.204 e. The van der Waals surface area contributed by atoms with Crippen LogP contribution >= 0.6 is 0 Å². The number of pyridine rings is 1. The van der Waals surface area contributed by atoms with Crippen LogP contribution in [0.4, 0.5) is 0 Å². The van der Waals surface area contributed by atoms with Gasteiger partial charge in [-0.1, -0.05) is 18.2 Å². The van der Waals surface area contributed by atoms with E-state index in [0.29, 0.717) is 17.2 Å². The van der Waals surface area contributed by atoms with Crippen molar-refractivity contribution < 1.29 is 14.2 Å². The summed E-state index contributed by atoms with van der Waals surface area (Å²) in [5.41, 5.74) is 5.35. The van der Waals surface area contributed by atoms with E-state index in [1.54, 1.807) is 21.3 Å². The summed E-state index contributed by atoms with van der Waals surface area (Å²) in [5.74, 6) is 1.81. The zero-order valence-electron chi connectivity index (χ0n) is 14.6. The molecule has 3 aromatic rings. The summed E-state index contributed by atoms with van der Waals surface area (Å²) in [7, 11) is 4.83. The van der Waals surface area contributed by atoms with E-state index in [1.807, 2.05) is 18.2 Å². The van der Waals surface area contributed by atoms with Crippen LogP contribution in [0.3, 0.4) is 0 Å². The second-order valence-corrected chi connectivity index (χ2v) is 5.66. The predicted molar refractivity (Wildman–Crippen MR) is 96.3 cm³/mol. The van der Waals surface area contributed by atoms with Crippen molar-refractivity contribution in [1.82, 2.24) is 4.98 Å². The van der Waals surface area contributed by atoms with Crippen molar-refractivity contribution in [2.75, 3.05) is 21.3 Å². The molecule has 0 aliphatic carbocycles. The van der Waals surface area contributed by atoms with E-state index in [4.69, 9.17) is 19.2 Å². The Morgan fingerprint density at radius 1 is 0.833 bits per heavy atom. The van der Waals surface area contributed by atoms with Crippen molar-refractivity contribution in [2.45, 2.75) is 13.8 Å². The average Bonchev–Trinajstić information content (AvgIpc) is 2.61. The molecule has 124 valence electrons. The molecule has 0 radical (unpaired) electrons. The Bertz CT molecular complexity index is 903. The summed E-state index contributed by atoms with van der Waals surface area (Å²) in [6, 6.07) is 12.2. The van der Waals surface area contributed by atoms with Gasteiger partial charge in [-0.3, -0.25) is 0 Å². The summed E-state index contributed by atoms with van der Waals surface area (Å²) in [6.07, 6.45) is 0. The first-order chi connectivity index (χ1) is 11.6. The molecule has 4 heteroatoms. The summed E-state index contributed by atoms with van der Waals surface area (Å²) < 4.78 is 16.4. The van der Waals surface area contributed by atoms with Crippen LogP contribution in [0, 0.1) is 13.8 Å². The number of ether oxygens (including phenoxy) is 3. The number of benzene rings is 2. The molecule has 0 unspecified atom stereocenters. The molecule has 0 aliphatic heterocycles. The molecule has 0 amide bonds. The van der Waals surface area contributed by atoms with Crippen LogP contribution in [-0.2, 0) is 0 Å². The highest BCUT2D eigenvalue weighted by atomic mass is 16.5. The van der Waals surface area contributed by atoms with Gasteiger partial charge in [0, 0.05) is 17.0 Å². The van der Waals surface area contributed by atoms with Crippen LogP contribution in [0.15, 0.2) is 36.4 Å². The van der Waals surface area contributed by atoms with Gasteiger partial charge in [0.05, 0.1) is 32.5 Å². The minimum atomic E-state index is 0.578. The number of methoxy groups -OCH3 is 3. The third-order valence-corrected chi connectivity index (χ3v) is 4.38. The Labute approximate surface area is 142 Å². The molecule has 1 heterocycles. The van der Waals surface area contributed by atoms with E-state index in [1.165, 1.54) is 11.1 Å². The standard InChI is InChI=1S/C20H21NO3/c1-12-7-6-8-14(13(12)2)16-10-9-15-17(21-16)11-18(22-3)20(24-5)19(15)23-4/h6-11H,1-5H3. The average molecular weight is 323 g/mol. The van der Waals surface area contributed by atoms with E-state index < -0.39 is 0 Å². The van der Waals surface area contributed by atoms with Gasteiger partial charge in [-0.15, -0.1) is 0 Å². The highest BCUT2D eigenvalue weighted by molar-refractivity contribution is 5.92. The van der Waals surface area contributed by atoms with Gasteiger partial charge >= 0.3 is 0 Å². The van der Waals surface area contributed by atoms with E-state index >= 15 is 0 Å². The third kappa shape index (κ3) is 2.54. The number of nitrogens with zero attached hydrogens (tertiary/aromatic N) is 1. The Kier molecular flexibility index (Phi) is 4.30. The minimum absolute atomic E-state index is 0.578. The number of aromatic nitrogens is 1. The number of aryl methyl sites for hydroxylation is 1. The fraction of sp³-hybridized carbons (Fsp3) is 0.250. The lowest BCUT2D eigenvalue weighted by Gasteiger charge is -2.15. The van der Waals surface area contributed by atoms with Gasteiger partial charge < -0.3 is 14.2 Å². The molecule has 0 fully saturated rings. The van der Waals surface area contributed by atoms with Crippen LogP contribution < -0.4 is 14.2 Å². The first kappa shape index (κ1) is 16.1. The van der Waals surface area contributed by atoms with E-state index in [2.05, 4.69) is 32.0 Å². The number of rotatable bonds is 4. The molecule has 0 saturated heterocycles. The molecular weight excluding hydrogens is 302 g/mol.